The third kappa shape index (κ3) is 2.78. The van der Waals surface area contributed by atoms with E-state index in [4.69, 9.17) is 16.0 Å². The number of halogens is 1. The number of carbonyl (C=O) groups excluding carboxylic acids is 1. The zero-order chi connectivity index (χ0) is 15.7. The summed E-state index contributed by atoms with van der Waals surface area (Å²) in [6.45, 7) is 3.78. The lowest BCUT2D eigenvalue weighted by atomic mass is 9.97. The Morgan fingerprint density at radius 2 is 1.68 bits per heavy atom. The first kappa shape index (κ1) is 14.5. The topological polar surface area (TPSA) is 56.0 Å². The summed E-state index contributed by atoms with van der Waals surface area (Å²) in [6.07, 6.45) is 0. The molecule has 0 spiro atoms. The molecule has 0 saturated carbocycles. The van der Waals surface area contributed by atoms with Crippen LogP contribution in [-0.4, -0.2) is 15.4 Å². The van der Waals surface area contributed by atoms with E-state index in [2.05, 4.69) is 10.2 Å². The Bertz CT molecular complexity index is 838. The van der Waals surface area contributed by atoms with Crippen molar-refractivity contribution < 1.29 is 9.21 Å². The van der Waals surface area contributed by atoms with Gasteiger partial charge in [-0.2, -0.15) is 0 Å². The predicted octanol–water partition coefficient (Wildman–Crippen LogP) is 4.40. The van der Waals surface area contributed by atoms with Gasteiger partial charge in [-0.1, -0.05) is 18.2 Å². The minimum atomic E-state index is -0.453. The van der Waals surface area contributed by atoms with Crippen LogP contribution >= 0.6 is 11.6 Å². The van der Waals surface area contributed by atoms with Crippen molar-refractivity contribution in [2.24, 2.45) is 0 Å². The van der Waals surface area contributed by atoms with Crippen molar-refractivity contribution in [3.8, 4) is 22.6 Å². The molecule has 4 nitrogen and oxygen atoms in total. The summed E-state index contributed by atoms with van der Waals surface area (Å²) in [5, 5.41) is 7.41. The second-order valence-electron chi connectivity index (χ2n) is 5.01. The summed E-state index contributed by atoms with van der Waals surface area (Å²) in [4.78, 5) is 11.1. The fraction of sp³-hybridized carbons (Fsp3) is 0.118. The largest absolute Gasteiger partial charge is 0.421 e. The van der Waals surface area contributed by atoms with E-state index >= 15 is 0 Å². The smallest absolute Gasteiger partial charge is 0.252 e. The van der Waals surface area contributed by atoms with Gasteiger partial charge in [-0.25, -0.2) is 0 Å². The van der Waals surface area contributed by atoms with Crippen molar-refractivity contribution in [1.82, 2.24) is 10.2 Å². The molecular formula is C17H13ClN2O2. The summed E-state index contributed by atoms with van der Waals surface area (Å²) in [6, 6.07) is 13.2. The van der Waals surface area contributed by atoms with Crippen molar-refractivity contribution >= 4 is 16.8 Å². The minimum absolute atomic E-state index is 0.453. The minimum Gasteiger partial charge on any atom is -0.421 e. The van der Waals surface area contributed by atoms with Gasteiger partial charge in [-0.05, 0) is 59.5 Å². The Labute approximate surface area is 132 Å². The summed E-state index contributed by atoms with van der Waals surface area (Å²) in [5.74, 6) is 1.05. The van der Waals surface area contributed by atoms with Crippen molar-refractivity contribution in [2.75, 3.05) is 0 Å². The summed E-state index contributed by atoms with van der Waals surface area (Å²) in [5.41, 5.74) is 4.55. The van der Waals surface area contributed by atoms with Gasteiger partial charge in [0.15, 0.2) is 0 Å². The van der Waals surface area contributed by atoms with E-state index in [0.29, 0.717) is 17.3 Å². The molecule has 0 aliphatic heterocycles. The fourth-order valence-corrected chi connectivity index (χ4v) is 2.44. The molecule has 22 heavy (non-hydrogen) atoms. The van der Waals surface area contributed by atoms with E-state index in [9.17, 15) is 4.79 Å². The van der Waals surface area contributed by atoms with Crippen LogP contribution in [0.15, 0.2) is 46.9 Å². The predicted molar refractivity (Wildman–Crippen MR) is 84.8 cm³/mol. The molecule has 0 aliphatic carbocycles. The van der Waals surface area contributed by atoms with Gasteiger partial charge in [0.05, 0.1) is 0 Å². The lowest BCUT2D eigenvalue weighted by Gasteiger charge is -2.08. The molecule has 0 atom stereocenters. The number of carbonyl (C=O) groups is 1. The first-order chi connectivity index (χ1) is 10.5. The van der Waals surface area contributed by atoms with Crippen LogP contribution in [0.3, 0.4) is 0 Å². The molecule has 0 fully saturated rings. The SMILES string of the molecule is Cc1nnc(-c2ccc(-c3ccc(C(=O)Cl)cc3)c(C)c2)o1. The molecule has 3 aromatic rings. The van der Waals surface area contributed by atoms with Gasteiger partial charge in [0.2, 0.25) is 11.8 Å². The quantitative estimate of drug-likeness (QED) is 0.673. The number of aromatic nitrogens is 2. The number of rotatable bonds is 3. The van der Waals surface area contributed by atoms with Gasteiger partial charge in [-0.3, -0.25) is 4.79 Å². The van der Waals surface area contributed by atoms with E-state index < -0.39 is 5.24 Å². The van der Waals surface area contributed by atoms with E-state index in [1.165, 1.54) is 0 Å². The summed E-state index contributed by atoms with van der Waals surface area (Å²) >= 11 is 5.46. The van der Waals surface area contributed by atoms with Crippen LogP contribution in [0.1, 0.15) is 21.8 Å². The summed E-state index contributed by atoms with van der Waals surface area (Å²) in [7, 11) is 0. The molecule has 1 heterocycles. The molecule has 3 rings (SSSR count). The van der Waals surface area contributed by atoms with Gasteiger partial charge in [0, 0.05) is 18.1 Å². The molecule has 0 amide bonds. The molecule has 0 aliphatic rings. The highest BCUT2D eigenvalue weighted by Gasteiger charge is 2.09. The van der Waals surface area contributed by atoms with Crippen molar-refractivity contribution in [1.29, 1.82) is 0 Å². The number of hydrogen-bond acceptors (Lipinski definition) is 4. The maximum atomic E-state index is 11.1. The van der Waals surface area contributed by atoms with Gasteiger partial charge in [0.1, 0.15) is 0 Å². The molecule has 0 N–H and O–H groups in total. The Balaban J connectivity index is 1.96. The fourth-order valence-electron chi connectivity index (χ4n) is 2.31. The van der Waals surface area contributed by atoms with Crippen LogP contribution < -0.4 is 0 Å². The average molecular weight is 313 g/mol. The molecule has 110 valence electrons. The second kappa shape index (κ2) is 5.73. The van der Waals surface area contributed by atoms with Crippen LogP contribution in [0.5, 0.6) is 0 Å². The van der Waals surface area contributed by atoms with E-state index in [0.717, 1.165) is 22.3 Å². The molecular weight excluding hydrogens is 300 g/mol. The maximum Gasteiger partial charge on any atom is 0.252 e. The Morgan fingerprint density at radius 1 is 1.00 bits per heavy atom. The number of nitrogens with zero attached hydrogens (tertiary/aromatic N) is 2. The third-order valence-corrected chi connectivity index (χ3v) is 3.64. The number of aryl methyl sites for hydroxylation is 2. The highest BCUT2D eigenvalue weighted by atomic mass is 35.5. The monoisotopic (exact) mass is 312 g/mol. The van der Waals surface area contributed by atoms with Crippen molar-refractivity contribution in [3.05, 3.63) is 59.5 Å². The highest BCUT2D eigenvalue weighted by molar-refractivity contribution is 6.67. The zero-order valence-corrected chi connectivity index (χ0v) is 12.9. The van der Waals surface area contributed by atoms with E-state index in [1.807, 2.05) is 37.3 Å². The zero-order valence-electron chi connectivity index (χ0n) is 12.1. The second-order valence-corrected chi connectivity index (χ2v) is 5.35. The standard InChI is InChI=1S/C17H13ClN2O2/c1-10-9-14(17-20-19-11(2)22-17)7-8-15(10)12-3-5-13(6-4-12)16(18)21/h3-9H,1-2H3. The van der Waals surface area contributed by atoms with Crippen LogP contribution in [-0.2, 0) is 0 Å². The van der Waals surface area contributed by atoms with Gasteiger partial charge in [0.25, 0.3) is 5.24 Å². The summed E-state index contributed by atoms with van der Waals surface area (Å²) < 4.78 is 5.44. The molecule has 0 unspecified atom stereocenters. The van der Waals surface area contributed by atoms with E-state index in [1.54, 1.807) is 19.1 Å². The van der Waals surface area contributed by atoms with Gasteiger partial charge in [-0.15, -0.1) is 10.2 Å². The van der Waals surface area contributed by atoms with Crippen molar-refractivity contribution in [3.63, 3.8) is 0 Å². The first-order valence-corrected chi connectivity index (χ1v) is 7.14. The van der Waals surface area contributed by atoms with Crippen LogP contribution in [0.2, 0.25) is 0 Å². The Morgan fingerprint density at radius 3 is 2.23 bits per heavy atom. The van der Waals surface area contributed by atoms with Crippen molar-refractivity contribution in [2.45, 2.75) is 13.8 Å². The maximum absolute atomic E-state index is 11.1. The number of hydrogen-bond donors (Lipinski definition) is 0. The lowest BCUT2D eigenvalue weighted by molar-refractivity contribution is 0.108. The van der Waals surface area contributed by atoms with Gasteiger partial charge >= 0.3 is 0 Å². The highest BCUT2D eigenvalue weighted by Crippen LogP contribution is 2.28. The first-order valence-electron chi connectivity index (χ1n) is 6.76. The lowest BCUT2D eigenvalue weighted by Crippen LogP contribution is -1.90. The molecule has 5 heteroatoms. The molecule has 1 aromatic heterocycles. The molecule has 0 saturated heterocycles. The third-order valence-electron chi connectivity index (χ3n) is 3.42. The Hall–Kier alpha value is -2.46. The number of benzene rings is 2. The molecule has 0 bridgehead atoms. The normalized spacial score (nSPS) is 10.7. The molecule has 2 aromatic carbocycles. The van der Waals surface area contributed by atoms with E-state index in [-0.39, 0.29) is 0 Å². The van der Waals surface area contributed by atoms with Crippen LogP contribution in [0.25, 0.3) is 22.6 Å². The van der Waals surface area contributed by atoms with Crippen LogP contribution in [0, 0.1) is 13.8 Å². The molecule has 0 radical (unpaired) electrons. The van der Waals surface area contributed by atoms with Gasteiger partial charge < -0.3 is 4.42 Å². The van der Waals surface area contributed by atoms with Crippen LogP contribution in [0.4, 0.5) is 0 Å². The Kier molecular flexibility index (Phi) is 3.77. The average Bonchev–Trinajstić information content (AvgIpc) is 2.94.